The molecule has 2 fully saturated rings. The number of carbonyl (C=O) groups excluding carboxylic acids is 2. The van der Waals surface area contributed by atoms with Gasteiger partial charge in [0.05, 0.1) is 0 Å². The Morgan fingerprint density at radius 2 is 2.00 bits per heavy atom. The molecule has 2 amide bonds. The van der Waals surface area contributed by atoms with Crippen LogP contribution in [0.25, 0.3) is 0 Å². The lowest BCUT2D eigenvalue weighted by atomic mass is 10.2. The van der Waals surface area contributed by atoms with Gasteiger partial charge in [-0.05, 0) is 31.6 Å². The van der Waals surface area contributed by atoms with Crippen molar-refractivity contribution in [3.63, 3.8) is 0 Å². The monoisotopic (exact) mass is 196 g/mol. The van der Waals surface area contributed by atoms with Gasteiger partial charge in [-0.3, -0.25) is 9.59 Å². The quantitative estimate of drug-likeness (QED) is 0.704. The molecule has 0 aromatic carbocycles. The Hall–Kier alpha value is -1.06. The van der Waals surface area contributed by atoms with Crippen LogP contribution in [0.1, 0.15) is 32.1 Å². The summed E-state index contributed by atoms with van der Waals surface area (Å²) in [7, 11) is 0. The van der Waals surface area contributed by atoms with E-state index in [4.69, 9.17) is 5.73 Å². The molecule has 0 aromatic rings. The van der Waals surface area contributed by atoms with Gasteiger partial charge >= 0.3 is 0 Å². The first kappa shape index (κ1) is 9.49. The number of nitrogens with zero attached hydrogens (tertiary/aromatic N) is 1. The van der Waals surface area contributed by atoms with Gasteiger partial charge in [0.15, 0.2) is 0 Å². The molecule has 0 aromatic heterocycles. The number of carbonyl (C=O) groups is 2. The van der Waals surface area contributed by atoms with Crippen LogP contribution < -0.4 is 5.73 Å². The second-order valence-electron chi connectivity index (χ2n) is 4.30. The van der Waals surface area contributed by atoms with Crippen LogP contribution in [0.2, 0.25) is 0 Å². The van der Waals surface area contributed by atoms with Crippen molar-refractivity contribution >= 4 is 11.8 Å². The molecule has 0 spiro atoms. The molecule has 78 valence electrons. The molecule has 0 radical (unpaired) electrons. The molecular formula is C10H16N2O2. The SMILES string of the molecule is NC(=O)[C@@H]1CCCN1C(=O)CC1CC1. The third kappa shape index (κ3) is 1.89. The molecule has 2 N–H and O–H groups in total. The molecule has 1 atom stereocenters. The minimum Gasteiger partial charge on any atom is -0.368 e. The summed E-state index contributed by atoms with van der Waals surface area (Å²) in [4.78, 5) is 24.4. The molecule has 1 saturated heterocycles. The van der Waals surface area contributed by atoms with Crippen molar-refractivity contribution in [2.45, 2.75) is 38.1 Å². The second kappa shape index (κ2) is 3.59. The number of rotatable bonds is 3. The molecule has 2 rings (SSSR count). The average Bonchev–Trinajstić information content (AvgIpc) is 2.81. The zero-order chi connectivity index (χ0) is 10.1. The van der Waals surface area contributed by atoms with Gasteiger partial charge in [0.1, 0.15) is 6.04 Å². The van der Waals surface area contributed by atoms with Crippen molar-refractivity contribution < 1.29 is 9.59 Å². The predicted molar refractivity (Wildman–Crippen MR) is 51.3 cm³/mol. The van der Waals surface area contributed by atoms with E-state index < -0.39 is 0 Å². The van der Waals surface area contributed by atoms with Gasteiger partial charge in [-0.2, -0.15) is 0 Å². The fourth-order valence-corrected chi connectivity index (χ4v) is 2.05. The van der Waals surface area contributed by atoms with Gasteiger partial charge in [0.25, 0.3) is 0 Å². The summed E-state index contributed by atoms with van der Waals surface area (Å²) in [5.41, 5.74) is 5.24. The molecule has 1 aliphatic heterocycles. The topological polar surface area (TPSA) is 63.4 Å². The van der Waals surface area contributed by atoms with Crippen LogP contribution in [0.3, 0.4) is 0 Å². The highest BCUT2D eigenvalue weighted by molar-refractivity contribution is 5.87. The maximum absolute atomic E-state index is 11.7. The molecule has 2 aliphatic rings. The molecule has 1 saturated carbocycles. The zero-order valence-corrected chi connectivity index (χ0v) is 8.24. The maximum Gasteiger partial charge on any atom is 0.240 e. The fraction of sp³-hybridized carbons (Fsp3) is 0.800. The van der Waals surface area contributed by atoms with Gasteiger partial charge in [-0.25, -0.2) is 0 Å². The second-order valence-corrected chi connectivity index (χ2v) is 4.30. The van der Waals surface area contributed by atoms with Crippen molar-refractivity contribution in [1.29, 1.82) is 0 Å². The van der Waals surface area contributed by atoms with E-state index in [0.29, 0.717) is 18.9 Å². The number of hydrogen-bond donors (Lipinski definition) is 1. The lowest BCUT2D eigenvalue weighted by Crippen LogP contribution is -2.43. The maximum atomic E-state index is 11.7. The number of primary amides is 1. The first-order valence-electron chi connectivity index (χ1n) is 5.27. The molecule has 0 bridgehead atoms. The van der Waals surface area contributed by atoms with Gasteiger partial charge in [-0.1, -0.05) is 0 Å². The fourth-order valence-electron chi connectivity index (χ4n) is 2.05. The number of nitrogens with two attached hydrogens (primary N) is 1. The van der Waals surface area contributed by atoms with Crippen LogP contribution in [-0.4, -0.2) is 29.3 Å². The first-order valence-corrected chi connectivity index (χ1v) is 5.27. The van der Waals surface area contributed by atoms with Crippen LogP contribution in [0.15, 0.2) is 0 Å². The summed E-state index contributed by atoms with van der Waals surface area (Å²) in [6.07, 6.45) is 4.60. The van der Waals surface area contributed by atoms with E-state index in [1.54, 1.807) is 4.90 Å². The Balaban J connectivity index is 1.93. The number of hydrogen-bond acceptors (Lipinski definition) is 2. The zero-order valence-electron chi connectivity index (χ0n) is 8.24. The highest BCUT2D eigenvalue weighted by atomic mass is 16.2. The molecule has 1 heterocycles. The molecular weight excluding hydrogens is 180 g/mol. The van der Waals surface area contributed by atoms with Crippen LogP contribution in [0.4, 0.5) is 0 Å². The summed E-state index contributed by atoms with van der Waals surface area (Å²) >= 11 is 0. The Morgan fingerprint density at radius 1 is 1.29 bits per heavy atom. The molecule has 1 aliphatic carbocycles. The van der Waals surface area contributed by atoms with Crippen LogP contribution in [0, 0.1) is 5.92 Å². The van der Waals surface area contributed by atoms with Crippen molar-refractivity contribution in [3.8, 4) is 0 Å². The van der Waals surface area contributed by atoms with Gasteiger partial charge in [0, 0.05) is 13.0 Å². The minimum absolute atomic E-state index is 0.119. The average molecular weight is 196 g/mol. The largest absolute Gasteiger partial charge is 0.368 e. The van der Waals surface area contributed by atoms with Crippen molar-refractivity contribution in [2.24, 2.45) is 11.7 Å². The number of likely N-dealkylation sites (tertiary alicyclic amines) is 1. The predicted octanol–water partition coefficient (Wildman–Crippen LogP) is 0.263. The normalized spacial score (nSPS) is 26.6. The van der Waals surface area contributed by atoms with E-state index in [9.17, 15) is 9.59 Å². The van der Waals surface area contributed by atoms with Crippen LogP contribution in [-0.2, 0) is 9.59 Å². The molecule has 4 nitrogen and oxygen atoms in total. The van der Waals surface area contributed by atoms with Gasteiger partial charge < -0.3 is 10.6 Å². The van der Waals surface area contributed by atoms with E-state index in [-0.39, 0.29) is 17.9 Å². The van der Waals surface area contributed by atoms with E-state index in [1.165, 1.54) is 12.8 Å². The first-order chi connectivity index (χ1) is 6.68. The highest BCUT2D eigenvalue weighted by Gasteiger charge is 2.35. The minimum atomic E-state index is -0.355. The Labute approximate surface area is 83.4 Å². The summed E-state index contributed by atoms with van der Waals surface area (Å²) < 4.78 is 0. The van der Waals surface area contributed by atoms with Crippen molar-refractivity contribution in [2.75, 3.05) is 6.54 Å². The molecule has 14 heavy (non-hydrogen) atoms. The van der Waals surface area contributed by atoms with E-state index in [2.05, 4.69) is 0 Å². The van der Waals surface area contributed by atoms with Gasteiger partial charge in [-0.15, -0.1) is 0 Å². The van der Waals surface area contributed by atoms with Crippen LogP contribution >= 0.6 is 0 Å². The lowest BCUT2D eigenvalue weighted by molar-refractivity contribution is -0.137. The summed E-state index contributed by atoms with van der Waals surface area (Å²) in [6.45, 7) is 0.708. The molecule has 0 unspecified atom stereocenters. The standard InChI is InChI=1S/C10H16N2O2/c11-10(14)8-2-1-5-12(8)9(13)6-7-3-4-7/h7-8H,1-6H2,(H2,11,14)/t8-/m0/s1. The smallest absolute Gasteiger partial charge is 0.240 e. The highest BCUT2D eigenvalue weighted by Crippen LogP contribution is 2.33. The van der Waals surface area contributed by atoms with Gasteiger partial charge in [0.2, 0.25) is 11.8 Å². The van der Waals surface area contributed by atoms with E-state index >= 15 is 0 Å². The molecule has 4 heteroatoms. The lowest BCUT2D eigenvalue weighted by Gasteiger charge is -2.21. The Kier molecular flexibility index (Phi) is 2.44. The van der Waals surface area contributed by atoms with Crippen LogP contribution in [0.5, 0.6) is 0 Å². The third-order valence-corrected chi connectivity index (χ3v) is 3.06. The Bertz CT molecular complexity index is 261. The third-order valence-electron chi connectivity index (χ3n) is 3.06. The van der Waals surface area contributed by atoms with Crippen molar-refractivity contribution in [1.82, 2.24) is 4.90 Å². The summed E-state index contributed by atoms with van der Waals surface area (Å²) in [5, 5.41) is 0. The summed E-state index contributed by atoms with van der Waals surface area (Å²) in [6, 6.07) is -0.332. The van der Waals surface area contributed by atoms with E-state index in [0.717, 1.165) is 12.8 Å². The summed E-state index contributed by atoms with van der Waals surface area (Å²) in [5.74, 6) is 0.345. The van der Waals surface area contributed by atoms with Crippen molar-refractivity contribution in [3.05, 3.63) is 0 Å². The number of amides is 2. The van der Waals surface area contributed by atoms with E-state index in [1.807, 2.05) is 0 Å². The Morgan fingerprint density at radius 3 is 2.57 bits per heavy atom.